The van der Waals surface area contributed by atoms with Crippen molar-refractivity contribution in [1.82, 2.24) is 5.32 Å². The summed E-state index contributed by atoms with van der Waals surface area (Å²) in [6.45, 7) is 4.27. The SMILES string of the molecule is CC(CC1COCCN1)Nc1ccc(C(F)(F)F)cc1. The predicted octanol–water partition coefficient (Wildman–Crippen LogP) is 2.88. The number of hydrogen-bond acceptors (Lipinski definition) is 3. The second kappa shape index (κ2) is 6.45. The Hall–Kier alpha value is -1.27. The number of anilines is 1. The van der Waals surface area contributed by atoms with Crippen molar-refractivity contribution in [3.05, 3.63) is 29.8 Å². The van der Waals surface area contributed by atoms with Crippen molar-refractivity contribution in [3.8, 4) is 0 Å². The summed E-state index contributed by atoms with van der Waals surface area (Å²) < 4.78 is 42.7. The summed E-state index contributed by atoms with van der Waals surface area (Å²) in [6.07, 6.45) is -3.42. The zero-order valence-corrected chi connectivity index (χ0v) is 11.3. The Labute approximate surface area is 116 Å². The molecule has 1 saturated heterocycles. The van der Waals surface area contributed by atoms with E-state index in [1.54, 1.807) is 0 Å². The molecule has 0 aromatic heterocycles. The molecular formula is C14H19F3N2O. The van der Waals surface area contributed by atoms with Gasteiger partial charge in [-0.05, 0) is 37.6 Å². The molecule has 1 heterocycles. The van der Waals surface area contributed by atoms with E-state index in [0.29, 0.717) is 18.3 Å². The molecule has 1 aliphatic heterocycles. The second-order valence-corrected chi connectivity index (χ2v) is 5.08. The van der Waals surface area contributed by atoms with Crippen LogP contribution in [0.3, 0.4) is 0 Å². The van der Waals surface area contributed by atoms with Gasteiger partial charge in [0.25, 0.3) is 0 Å². The average molecular weight is 288 g/mol. The fourth-order valence-electron chi connectivity index (χ4n) is 2.30. The highest BCUT2D eigenvalue weighted by atomic mass is 19.4. The molecule has 1 aliphatic rings. The van der Waals surface area contributed by atoms with E-state index in [4.69, 9.17) is 4.74 Å². The lowest BCUT2D eigenvalue weighted by atomic mass is 10.1. The zero-order chi connectivity index (χ0) is 14.6. The minimum atomic E-state index is -4.28. The summed E-state index contributed by atoms with van der Waals surface area (Å²) in [4.78, 5) is 0. The summed E-state index contributed by atoms with van der Waals surface area (Å²) in [5.74, 6) is 0. The number of rotatable bonds is 4. The molecule has 0 aliphatic carbocycles. The number of morpholine rings is 1. The van der Waals surface area contributed by atoms with E-state index in [-0.39, 0.29) is 6.04 Å². The lowest BCUT2D eigenvalue weighted by Gasteiger charge is -2.27. The summed E-state index contributed by atoms with van der Waals surface area (Å²) >= 11 is 0. The van der Waals surface area contributed by atoms with Gasteiger partial charge in [-0.1, -0.05) is 0 Å². The molecule has 0 radical (unpaired) electrons. The molecule has 2 rings (SSSR count). The van der Waals surface area contributed by atoms with E-state index < -0.39 is 11.7 Å². The van der Waals surface area contributed by atoms with Gasteiger partial charge in [-0.3, -0.25) is 0 Å². The summed E-state index contributed by atoms with van der Waals surface area (Å²) in [5, 5.41) is 6.56. The van der Waals surface area contributed by atoms with Crippen LogP contribution >= 0.6 is 0 Å². The van der Waals surface area contributed by atoms with Gasteiger partial charge in [0, 0.05) is 24.3 Å². The molecule has 1 aromatic rings. The number of benzene rings is 1. The van der Waals surface area contributed by atoms with Crippen LogP contribution in [0, 0.1) is 0 Å². The van der Waals surface area contributed by atoms with E-state index in [1.165, 1.54) is 12.1 Å². The molecule has 1 fully saturated rings. The molecule has 0 saturated carbocycles. The van der Waals surface area contributed by atoms with E-state index >= 15 is 0 Å². The normalized spacial score (nSPS) is 21.5. The number of hydrogen-bond donors (Lipinski definition) is 2. The summed E-state index contributed by atoms with van der Waals surface area (Å²) in [5.41, 5.74) is 0.0697. The third-order valence-electron chi connectivity index (χ3n) is 3.26. The standard InChI is InChI=1S/C14H19F3N2O/c1-10(8-13-9-20-7-6-18-13)19-12-4-2-11(3-5-12)14(15,16)17/h2-5,10,13,18-19H,6-9H2,1H3. The molecule has 3 nitrogen and oxygen atoms in total. The predicted molar refractivity (Wildman–Crippen MR) is 71.8 cm³/mol. The van der Waals surface area contributed by atoms with Gasteiger partial charge in [-0.2, -0.15) is 13.2 Å². The van der Waals surface area contributed by atoms with Crippen molar-refractivity contribution < 1.29 is 17.9 Å². The Balaban J connectivity index is 1.86. The van der Waals surface area contributed by atoms with Crippen molar-refractivity contribution >= 4 is 5.69 Å². The van der Waals surface area contributed by atoms with Crippen LogP contribution < -0.4 is 10.6 Å². The molecule has 20 heavy (non-hydrogen) atoms. The Morgan fingerprint density at radius 3 is 2.60 bits per heavy atom. The first-order chi connectivity index (χ1) is 9.45. The summed E-state index contributed by atoms with van der Waals surface area (Å²) in [7, 11) is 0. The number of halogens is 3. The maximum Gasteiger partial charge on any atom is 0.416 e. The Morgan fingerprint density at radius 2 is 2.05 bits per heavy atom. The lowest BCUT2D eigenvalue weighted by molar-refractivity contribution is -0.137. The number of ether oxygens (including phenoxy) is 1. The monoisotopic (exact) mass is 288 g/mol. The van der Waals surface area contributed by atoms with E-state index in [2.05, 4.69) is 10.6 Å². The maximum atomic E-state index is 12.4. The molecule has 2 N–H and O–H groups in total. The van der Waals surface area contributed by atoms with Crippen LogP contribution in [0.25, 0.3) is 0 Å². The van der Waals surface area contributed by atoms with Crippen LogP contribution in [0.1, 0.15) is 18.9 Å². The van der Waals surface area contributed by atoms with Gasteiger partial charge in [0.2, 0.25) is 0 Å². The highest BCUT2D eigenvalue weighted by Gasteiger charge is 2.30. The summed E-state index contributed by atoms with van der Waals surface area (Å²) in [6, 6.07) is 5.56. The Kier molecular flexibility index (Phi) is 4.88. The minimum absolute atomic E-state index is 0.158. The van der Waals surface area contributed by atoms with Gasteiger partial charge in [0.15, 0.2) is 0 Å². The highest BCUT2D eigenvalue weighted by molar-refractivity contribution is 5.45. The molecule has 2 unspecified atom stereocenters. The molecule has 0 spiro atoms. The topological polar surface area (TPSA) is 33.3 Å². The van der Waals surface area contributed by atoms with Crippen LogP contribution in [0.5, 0.6) is 0 Å². The van der Waals surface area contributed by atoms with E-state index in [9.17, 15) is 13.2 Å². The number of nitrogens with one attached hydrogen (secondary N) is 2. The first-order valence-corrected chi connectivity index (χ1v) is 6.70. The lowest BCUT2D eigenvalue weighted by Crippen LogP contribution is -2.43. The first-order valence-electron chi connectivity index (χ1n) is 6.70. The van der Waals surface area contributed by atoms with Gasteiger partial charge < -0.3 is 15.4 Å². The van der Waals surface area contributed by atoms with Gasteiger partial charge in [-0.25, -0.2) is 0 Å². The van der Waals surface area contributed by atoms with Crippen molar-refractivity contribution in [2.75, 3.05) is 25.1 Å². The fourth-order valence-corrected chi connectivity index (χ4v) is 2.30. The van der Waals surface area contributed by atoms with Crippen LogP contribution in [-0.2, 0) is 10.9 Å². The van der Waals surface area contributed by atoms with Crippen LogP contribution in [0.2, 0.25) is 0 Å². The second-order valence-electron chi connectivity index (χ2n) is 5.08. The van der Waals surface area contributed by atoms with Crippen molar-refractivity contribution in [1.29, 1.82) is 0 Å². The van der Waals surface area contributed by atoms with Crippen molar-refractivity contribution in [2.45, 2.75) is 31.6 Å². The zero-order valence-electron chi connectivity index (χ0n) is 11.3. The fraction of sp³-hybridized carbons (Fsp3) is 0.571. The van der Waals surface area contributed by atoms with Gasteiger partial charge in [0.1, 0.15) is 0 Å². The maximum absolute atomic E-state index is 12.4. The van der Waals surface area contributed by atoms with E-state index in [0.717, 1.165) is 31.7 Å². The third-order valence-corrected chi connectivity index (χ3v) is 3.26. The van der Waals surface area contributed by atoms with Crippen molar-refractivity contribution in [3.63, 3.8) is 0 Å². The van der Waals surface area contributed by atoms with Crippen LogP contribution in [0.4, 0.5) is 18.9 Å². The van der Waals surface area contributed by atoms with Crippen LogP contribution in [-0.4, -0.2) is 31.8 Å². The average Bonchev–Trinajstić information content (AvgIpc) is 2.39. The molecule has 0 bridgehead atoms. The van der Waals surface area contributed by atoms with Gasteiger partial charge >= 0.3 is 6.18 Å². The van der Waals surface area contributed by atoms with E-state index in [1.807, 2.05) is 6.92 Å². The van der Waals surface area contributed by atoms with Crippen molar-refractivity contribution in [2.24, 2.45) is 0 Å². The third kappa shape index (κ3) is 4.38. The smallest absolute Gasteiger partial charge is 0.383 e. The highest BCUT2D eigenvalue weighted by Crippen LogP contribution is 2.29. The molecule has 112 valence electrons. The quantitative estimate of drug-likeness (QED) is 0.894. The molecule has 2 atom stereocenters. The molecule has 6 heteroatoms. The number of alkyl halides is 3. The Morgan fingerprint density at radius 1 is 1.35 bits per heavy atom. The minimum Gasteiger partial charge on any atom is -0.383 e. The molecular weight excluding hydrogens is 269 g/mol. The Bertz CT molecular complexity index is 413. The van der Waals surface area contributed by atoms with Gasteiger partial charge in [0.05, 0.1) is 18.8 Å². The van der Waals surface area contributed by atoms with Gasteiger partial charge in [-0.15, -0.1) is 0 Å². The molecule has 0 amide bonds. The van der Waals surface area contributed by atoms with Crippen LogP contribution in [0.15, 0.2) is 24.3 Å². The first kappa shape index (κ1) is 15.1. The molecule has 1 aromatic carbocycles. The largest absolute Gasteiger partial charge is 0.416 e.